The van der Waals surface area contributed by atoms with E-state index in [0.29, 0.717) is 18.1 Å². The van der Waals surface area contributed by atoms with E-state index in [1.54, 1.807) is 19.2 Å². The molecule has 0 amide bonds. The smallest absolute Gasteiger partial charge is 0.227 e. The van der Waals surface area contributed by atoms with Crippen LogP contribution in [-0.2, 0) is 6.42 Å². The first-order valence-electron chi connectivity index (χ1n) is 6.59. The summed E-state index contributed by atoms with van der Waals surface area (Å²) in [7, 11) is 1.76. The van der Waals surface area contributed by atoms with Crippen LogP contribution in [0.25, 0.3) is 0 Å². The molecule has 0 spiro atoms. The van der Waals surface area contributed by atoms with Crippen molar-refractivity contribution in [1.82, 2.24) is 9.97 Å². The largest absolute Gasteiger partial charge is 0.437 e. The van der Waals surface area contributed by atoms with E-state index in [0.717, 1.165) is 12.0 Å². The number of halogens is 1. The van der Waals surface area contributed by atoms with Crippen LogP contribution in [0.15, 0.2) is 24.5 Å². The van der Waals surface area contributed by atoms with Crippen LogP contribution in [0.1, 0.15) is 24.5 Å². The Morgan fingerprint density at radius 2 is 2.19 bits per heavy atom. The SMILES string of the molecule is CCCc1c(NC)ncnc1Oc1cccc(F)c1C#N. The summed E-state index contributed by atoms with van der Waals surface area (Å²) in [5.41, 5.74) is 0.667. The predicted octanol–water partition coefficient (Wildman–Crippen LogP) is 3.27. The first-order chi connectivity index (χ1) is 10.2. The molecular weight excluding hydrogens is 271 g/mol. The van der Waals surface area contributed by atoms with Gasteiger partial charge in [0.05, 0.1) is 5.56 Å². The lowest BCUT2D eigenvalue weighted by molar-refractivity contribution is 0.448. The Balaban J connectivity index is 2.45. The van der Waals surface area contributed by atoms with Crippen LogP contribution >= 0.6 is 0 Å². The van der Waals surface area contributed by atoms with E-state index in [4.69, 9.17) is 10.00 Å². The molecule has 0 radical (unpaired) electrons. The number of rotatable bonds is 5. The number of hydrogen-bond acceptors (Lipinski definition) is 5. The number of aromatic nitrogens is 2. The second-order valence-electron chi connectivity index (χ2n) is 4.33. The number of anilines is 1. The fourth-order valence-electron chi connectivity index (χ4n) is 1.98. The Hall–Kier alpha value is -2.68. The highest BCUT2D eigenvalue weighted by Gasteiger charge is 2.15. The van der Waals surface area contributed by atoms with Crippen LogP contribution in [-0.4, -0.2) is 17.0 Å². The van der Waals surface area contributed by atoms with E-state index in [2.05, 4.69) is 15.3 Å². The van der Waals surface area contributed by atoms with Crippen molar-refractivity contribution in [3.05, 3.63) is 41.5 Å². The first-order valence-corrected chi connectivity index (χ1v) is 6.59. The zero-order valence-electron chi connectivity index (χ0n) is 11.9. The Kier molecular flexibility index (Phi) is 4.67. The van der Waals surface area contributed by atoms with Gasteiger partial charge in [-0.25, -0.2) is 14.4 Å². The molecule has 6 heteroatoms. The van der Waals surface area contributed by atoms with Gasteiger partial charge in [0.1, 0.15) is 35.3 Å². The van der Waals surface area contributed by atoms with Crippen molar-refractivity contribution in [3.8, 4) is 17.7 Å². The maximum atomic E-state index is 13.6. The number of nitrogens with zero attached hydrogens (tertiary/aromatic N) is 3. The van der Waals surface area contributed by atoms with Crippen LogP contribution < -0.4 is 10.1 Å². The minimum absolute atomic E-state index is 0.135. The van der Waals surface area contributed by atoms with E-state index in [1.165, 1.54) is 18.5 Å². The van der Waals surface area contributed by atoms with Gasteiger partial charge in [-0.15, -0.1) is 0 Å². The molecule has 0 fully saturated rings. The zero-order valence-corrected chi connectivity index (χ0v) is 11.9. The fourth-order valence-corrected chi connectivity index (χ4v) is 1.98. The fraction of sp³-hybridized carbons (Fsp3) is 0.267. The minimum Gasteiger partial charge on any atom is -0.437 e. The van der Waals surface area contributed by atoms with E-state index in [1.807, 2.05) is 6.92 Å². The molecule has 21 heavy (non-hydrogen) atoms. The van der Waals surface area contributed by atoms with Gasteiger partial charge in [0, 0.05) is 7.05 Å². The third kappa shape index (κ3) is 3.08. The third-order valence-corrected chi connectivity index (χ3v) is 2.94. The van der Waals surface area contributed by atoms with Crippen molar-refractivity contribution in [1.29, 1.82) is 5.26 Å². The van der Waals surface area contributed by atoms with Crippen LogP contribution in [0.4, 0.5) is 10.2 Å². The average molecular weight is 286 g/mol. The summed E-state index contributed by atoms with van der Waals surface area (Å²) >= 11 is 0. The molecule has 1 aromatic carbocycles. The maximum Gasteiger partial charge on any atom is 0.227 e. The lowest BCUT2D eigenvalue weighted by atomic mass is 10.1. The van der Waals surface area contributed by atoms with Gasteiger partial charge < -0.3 is 10.1 Å². The quantitative estimate of drug-likeness (QED) is 0.913. The highest BCUT2D eigenvalue weighted by atomic mass is 19.1. The molecule has 2 aromatic rings. The lowest BCUT2D eigenvalue weighted by Crippen LogP contribution is -2.04. The summed E-state index contributed by atoms with van der Waals surface area (Å²) in [4.78, 5) is 8.24. The Labute approximate surface area is 122 Å². The van der Waals surface area contributed by atoms with E-state index in [9.17, 15) is 4.39 Å². The summed E-state index contributed by atoms with van der Waals surface area (Å²) < 4.78 is 19.3. The predicted molar refractivity (Wildman–Crippen MR) is 76.8 cm³/mol. The first kappa shape index (κ1) is 14.7. The molecule has 0 bridgehead atoms. The highest BCUT2D eigenvalue weighted by molar-refractivity contribution is 5.51. The number of nitriles is 1. The van der Waals surface area contributed by atoms with Crippen LogP contribution in [0.5, 0.6) is 11.6 Å². The van der Waals surface area contributed by atoms with Gasteiger partial charge in [-0.05, 0) is 18.6 Å². The molecule has 2 rings (SSSR count). The monoisotopic (exact) mass is 286 g/mol. The molecule has 0 aliphatic rings. The number of hydrogen-bond donors (Lipinski definition) is 1. The summed E-state index contributed by atoms with van der Waals surface area (Å²) in [6.07, 6.45) is 2.96. The van der Waals surface area contributed by atoms with Gasteiger partial charge >= 0.3 is 0 Å². The van der Waals surface area contributed by atoms with E-state index in [-0.39, 0.29) is 11.3 Å². The normalized spacial score (nSPS) is 10.0. The molecule has 108 valence electrons. The molecule has 0 saturated heterocycles. The van der Waals surface area contributed by atoms with Crippen molar-refractivity contribution in [3.63, 3.8) is 0 Å². The molecule has 1 aromatic heterocycles. The van der Waals surface area contributed by atoms with Gasteiger partial charge in [-0.2, -0.15) is 5.26 Å². The molecule has 0 aliphatic carbocycles. The standard InChI is InChI=1S/C15H15FN4O/c1-3-5-10-14(18-2)19-9-20-15(10)21-13-7-4-6-12(16)11(13)8-17/h4,6-7,9H,3,5H2,1-2H3,(H,18,19,20). The van der Waals surface area contributed by atoms with Gasteiger partial charge in [-0.1, -0.05) is 19.4 Å². The molecule has 0 saturated carbocycles. The van der Waals surface area contributed by atoms with Crippen LogP contribution in [0.3, 0.4) is 0 Å². The van der Waals surface area contributed by atoms with Crippen molar-refractivity contribution in [2.75, 3.05) is 12.4 Å². The van der Waals surface area contributed by atoms with Gasteiger partial charge in [0.2, 0.25) is 5.88 Å². The maximum absolute atomic E-state index is 13.6. The average Bonchev–Trinajstić information content (AvgIpc) is 2.49. The van der Waals surface area contributed by atoms with E-state index >= 15 is 0 Å². The van der Waals surface area contributed by atoms with Crippen LogP contribution in [0, 0.1) is 17.1 Å². The van der Waals surface area contributed by atoms with Crippen molar-refractivity contribution in [2.24, 2.45) is 0 Å². The van der Waals surface area contributed by atoms with Crippen molar-refractivity contribution >= 4 is 5.82 Å². The summed E-state index contributed by atoms with van der Waals surface area (Å²) in [6.45, 7) is 2.03. The summed E-state index contributed by atoms with van der Waals surface area (Å²) in [5.74, 6) is 0.528. The number of benzene rings is 1. The third-order valence-electron chi connectivity index (χ3n) is 2.94. The van der Waals surface area contributed by atoms with Crippen molar-refractivity contribution in [2.45, 2.75) is 19.8 Å². The Morgan fingerprint density at radius 1 is 1.38 bits per heavy atom. The van der Waals surface area contributed by atoms with Gasteiger partial charge in [0.25, 0.3) is 0 Å². The molecule has 1 heterocycles. The second kappa shape index (κ2) is 6.66. The zero-order chi connectivity index (χ0) is 15.2. The topological polar surface area (TPSA) is 70.8 Å². The Bertz CT molecular complexity index is 682. The van der Waals surface area contributed by atoms with Crippen molar-refractivity contribution < 1.29 is 9.13 Å². The molecule has 5 nitrogen and oxygen atoms in total. The Morgan fingerprint density at radius 3 is 2.86 bits per heavy atom. The highest BCUT2D eigenvalue weighted by Crippen LogP contribution is 2.30. The number of nitrogens with one attached hydrogen (secondary N) is 1. The molecule has 0 atom stereocenters. The summed E-state index contributed by atoms with van der Waals surface area (Å²) in [6, 6.07) is 6.06. The lowest BCUT2D eigenvalue weighted by Gasteiger charge is -2.13. The second-order valence-corrected chi connectivity index (χ2v) is 4.33. The summed E-state index contributed by atoms with van der Waals surface area (Å²) in [5, 5.41) is 12.0. The minimum atomic E-state index is -0.616. The molecule has 0 aliphatic heterocycles. The van der Waals surface area contributed by atoms with Gasteiger partial charge in [-0.3, -0.25) is 0 Å². The number of ether oxygens (including phenoxy) is 1. The molecule has 1 N–H and O–H groups in total. The van der Waals surface area contributed by atoms with Crippen LogP contribution in [0.2, 0.25) is 0 Å². The van der Waals surface area contributed by atoms with Gasteiger partial charge in [0.15, 0.2) is 0 Å². The van der Waals surface area contributed by atoms with E-state index < -0.39 is 5.82 Å². The molecular formula is C15H15FN4O. The molecule has 0 unspecified atom stereocenters.